The van der Waals surface area contributed by atoms with Gasteiger partial charge in [-0.1, -0.05) is 13.2 Å². The van der Waals surface area contributed by atoms with E-state index in [2.05, 4.69) is 22.6 Å². The second-order valence-corrected chi connectivity index (χ2v) is 1.58. The van der Waals surface area contributed by atoms with Crippen LogP contribution in [0.15, 0.2) is 25.5 Å². The molecule has 5 nitrogen and oxygen atoms in total. The fourth-order valence-corrected chi connectivity index (χ4v) is 0.0833. The van der Waals surface area contributed by atoms with Crippen LogP contribution in [0.25, 0.3) is 0 Å². The van der Waals surface area contributed by atoms with Crippen LogP contribution in [0.1, 0.15) is 0 Å². The number of carbonyl (C=O) groups excluding carboxylic acids is 1. The molecule has 0 heterocycles. The molecular weight excluding hydrogens is 188 g/mol. The van der Waals surface area contributed by atoms with Gasteiger partial charge in [0.25, 0.3) is 0 Å². The molecule has 0 aliphatic heterocycles. The van der Waals surface area contributed by atoms with Crippen molar-refractivity contribution in [3.8, 4) is 0 Å². The van der Waals surface area contributed by atoms with Crippen LogP contribution < -0.4 is 0 Å². The maximum Gasteiger partial charge on any atom is 0.329 e. The van der Waals surface area contributed by atoms with Gasteiger partial charge in [-0.15, -0.1) is 0 Å². The minimum atomic E-state index is -0.394. The fraction of sp³-hybridized carbons (Fsp3) is 0.444. The maximum atomic E-state index is 9.84. The van der Waals surface area contributed by atoms with E-state index >= 15 is 0 Å². The standard InChI is InChI=1S/C4H6O2.C3H6O.C2H6O2/c1-3-4(5)6-2;1-3-4-2;3-1-2-4/h3H,1H2,2H3;3H,1H2,2H3;3-4H,1-2H2. The van der Waals surface area contributed by atoms with E-state index in [1.54, 1.807) is 7.11 Å². The lowest BCUT2D eigenvalue weighted by molar-refractivity contribution is -0.134. The van der Waals surface area contributed by atoms with Crippen molar-refractivity contribution < 1.29 is 24.5 Å². The molecule has 0 unspecified atom stereocenters. The topological polar surface area (TPSA) is 76.0 Å². The Morgan fingerprint density at radius 2 is 1.64 bits per heavy atom. The third kappa shape index (κ3) is 45.7. The molecule has 0 bridgehead atoms. The van der Waals surface area contributed by atoms with Gasteiger partial charge in [0.05, 0.1) is 33.7 Å². The molecule has 0 saturated heterocycles. The van der Waals surface area contributed by atoms with E-state index in [1.807, 2.05) is 0 Å². The van der Waals surface area contributed by atoms with Crippen molar-refractivity contribution in [3.63, 3.8) is 0 Å². The second kappa shape index (κ2) is 22.6. The minimum absolute atomic E-state index is 0.125. The first-order chi connectivity index (χ1) is 6.64. The molecule has 0 saturated carbocycles. The fourth-order valence-electron chi connectivity index (χ4n) is 0.0833. The van der Waals surface area contributed by atoms with E-state index in [0.29, 0.717) is 0 Å². The summed E-state index contributed by atoms with van der Waals surface area (Å²) in [5, 5.41) is 15.2. The lowest BCUT2D eigenvalue weighted by Gasteiger charge is -1.83. The Labute approximate surface area is 84.3 Å². The zero-order valence-corrected chi connectivity index (χ0v) is 8.60. The van der Waals surface area contributed by atoms with Crippen LogP contribution in [0.2, 0.25) is 0 Å². The summed E-state index contributed by atoms with van der Waals surface area (Å²) in [7, 11) is 2.87. The number of methoxy groups -OCH3 is 2. The quantitative estimate of drug-likeness (QED) is 0.389. The Morgan fingerprint density at radius 1 is 1.29 bits per heavy atom. The summed E-state index contributed by atoms with van der Waals surface area (Å²) in [5.41, 5.74) is 0. The summed E-state index contributed by atoms with van der Waals surface area (Å²) in [6.45, 7) is 6.16. The summed E-state index contributed by atoms with van der Waals surface area (Å²) in [5.74, 6) is -0.394. The van der Waals surface area contributed by atoms with Gasteiger partial charge in [0, 0.05) is 6.08 Å². The van der Waals surface area contributed by atoms with Crippen LogP contribution in [-0.2, 0) is 14.3 Å². The monoisotopic (exact) mass is 206 g/mol. The van der Waals surface area contributed by atoms with Crippen LogP contribution in [-0.4, -0.2) is 43.6 Å². The van der Waals surface area contributed by atoms with Gasteiger partial charge in [-0.25, -0.2) is 4.79 Å². The molecule has 0 amide bonds. The van der Waals surface area contributed by atoms with E-state index in [0.717, 1.165) is 6.08 Å². The normalized spacial score (nSPS) is 6.57. The smallest absolute Gasteiger partial charge is 0.329 e. The second-order valence-electron chi connectivity index (χ2n) is 1.58. The van der Waals surface area contributed by atoms with Gasteiger partial charge >= 0.3 is 5.97 Å². The van der Waals surface area contributed by atoms with E-state index in [-0.39, 0.29) is 13.2 Å². The number of hydrogen-bond donors (Lipinski definition) is 2. The third-order valence-corrected chi connectivity index (χ3v) is 0.635. The predicted molar refractivity (Wildman–Crippen MR) is 53.6 cm³/mol. The van der Waals surface area contributed by atoms with E-state index in [4.69, 9.17) is 10.2 Å². The SMILES string of the molecule is C=CC(=O)OC.C=COC.OCCO. The molecule has 0 radical (unpaired) electrons. The first-order valence-electron chi connectivity index (χ1n) is 3.70. The molecule has 0 aliphatic carbocycles. The van der Waals surface area contributed by atoms with Crippen molar-refractivity contribution in [3.05, 3.63) is 25.5 Å². The number of aliphatic hydroxyl groups excluding tert-OH is 2. The molecule has 84 valence electrons. The molecule has 0 aromatic rings. The van der Waals surface area contributed by atoms with Gasteiger partial charge in [0.2, 0.25) is 0 Å². The van der Waals surface area contributed by atoms with E-state index < -0.39 is 5.97 Å². The van der Waals surface area contributed by atoms with Crippen molar-refractivity contribution in [2.24, 2.45) is 0 Å². The molecular formula is C9H18O5. The van der Waals surface area contributed by atoms with Crippen LogP contribution in [0, 0.1) is 0 Å². The van der Waals surface area contributed by atoms with E-state index in [1.165, 1.54) is 13.4 Å². The molecule has 0 rings (SSSR count). The van der Waals surface area contributed by atoms with Crippen molar-refractivity contribution in [1.82, 2.24) is 0 Å². The molecule has 0 fully saturated rings. The first-order valence-corrected chi connectivity index (χ1v) is 3.70. The molecule has 0 spiro atoms. The third-order valence-electron chi connectivity index (χ3n) is 0.635. The number of carbonyl (C=O) groups is 1. The summed E-state index contributed by atoms with van der Waals surface area (Å²) >= 11 is 0. The van der Waals surface area contributed by atoms with Crippen molar-refractivity contribution in [2.75, 3.05) is 27.4 Å². The lowest BCUT2D eigenvalue weighted by Crippen LogP contribution is -1.91. The zero-order chi connectivity index (χ0) is 11.8. The maximum absolute atomic E-state index is 9.84. The summed E-state index contributed by atoms with van der Waals surface area (Å²) in [4.78, 5) is 9.84. The summed E-state index contributed by atoms with van der Waals surface area (Å²) in [6.07, 6.45) is 2.49. The van der Waals surface area contributed by atoms with Crippen molar-refractivity contribution in [1.29, 1.82) is 0 Å². The molecule has 2 N–H and O–H groups in total. The van der Waals surface area contributed by atoms with Gasteiger partial charge in [-0.3, -0.25) is 0 Å². The number of esters is 1. The molecule has 5 heteroatoms. The lowest BCUT2D eigenvalue weighted by atomic mass is 10.7. The Bertz CT molecular complexity index is 131. The van der Waals surface area contributed by atoms with Gasteiger partial charge < -0.3 is 19.7 Å². The van der Waals surface area contributed by atoms with Crippen LogP contribution in [0.5, 0.6) is 0 Å². The highest BCUT2D eigenvalue weighted by molar-refractivity contribution is 5.80. The van der Waals surface area contributed by atoms with Gasteiger partial charge in [-0.2, -0.15) is 0 Å². The van der Waals surface area contributed by atoms with Crippen LogP contribution >= 0.6 is 0 Å². The molecule has 14 heavy (non-hydrogen) atoms. The van der Waals surface area contributed by atoms with Crippen LogP contribution in [0.3, 0.4) is 0 Å². The molecule has 0 aromatic heterocycles. The Hall–Kier alpha value is -1.33. The average molecular weight is 206 g/mol. The van der Waals surface area contributed by atoms with Crippen LogP contribution in [0.4, 0.5) is 0 Å². The molecule has 0 aliphatic rings. The predicted octanol–water partition coefficient (Wildman–Crippen LogP) is 0.0927. The number of aliphatic hydroxyl groups is 2. The highest BCUT2D eigenvalue weighted by Gasteiger charge is 1.81. The number of rotatable bonds is 3. The van der Waals surface area contributed by atoms with Crippen molar-refractivity contribution in [2.45, 2.75) is 0 Å². The van der Waals surface area contributed by atoms with Crippen molar-refractivity contribution >= 4 is 5.97 Å². The Balaban J connectivity index is -0.000000135. The number of hydrogen-bond acceptors (Lipinski definition) is 5. The molecule has 0 atom stereocenters. The number of ether oxygens (including phenoxy) is 2. The van der Waals surface area contributed by atoms with Gasteiger partial charge in [0.1, 0.15) is 0 Å². The Kier molecular flexibility index (Phi) is 29.8. The largest absolute Gasteiger partial charge is 0.505 e. The zero-order valence-electron chi connectivity index (χ0n) is 8.60. The minimum Gasteiger partial charge on any atom is -0.505 e. The first kappa shape index (κ1) is 18.5. The summed E-state index contributed by atoms with van der Waals surface area (Å²) < 4.78 is 8.45. The Morgan fingerprint density at radius 3 is 1.64 bits per heavy atom. The highest BCUT2D eigenvalue weighted by Crippen LogP contribution is 1.67. The van der Waals surface area contributed by atoms with E-state index in [9.17, 15) is 4.79 Å². The molecule has 0 aromatic carbocycles. The highest BCUT2D eigenvalue weighted by atomic mass is 16.5. The summed E-state index contributed by atoms with van der Waals surface area (Å²) in [6, 6.07) is 0. The van der Waals surface area contributed by atoms with Gasteiger partial charge in [0.15, 0.2) is 0 Å². The van der Waals surface area contributed by atoms with Gasteiger partial charge in [-0.05, 0) is 0 Å². The average Bonchev–Trinajstić information content (AvgIpc) is 2.28.